The third-order valence-corrected chi connectivity index (χ3v) is 4.10. The maximum absolute atomic E-state index is 11.0. The number of aliphatic carboxylic acids is 1. The SMILES string of the molecule is CCCCCCCN1CCSCC1C(=O)O. The van der Waals surface area contributed by atoms with Crippen LogP contribution in [0.15, 0.2) is 0 Å². The fourth-order valence-corrected chi connectivity index (χ4v) is 3.16. The number of carboxylic acids is 1. The highest BCUT2D eigenvalue weighted by Gasteiger charge is 2.27. The van der Waals surface area contributed by atoms with Crippen molar-refractivity contribution in [2.75, 3.05) is 24.6 Å². The van der Waals surface area contributed by atoms with Crippen molar-refractivity contribution in [2.45, 2.75) is 45.1 Å². The molecule has 1 rings (SSSR count). The molecule has 0 aromatic heterocycles. The quantitative estimate of drug-likeness (QED) is 0.700. The minimum absolute atomic E-state index is 0.245. The zero-order valence-corrected chi connectivity index (χ0v) is 11.0. The molecule has 3 nitrogen and oxygen atoms in total. The summed E-state index contributed by atoms with van der Waals surface area (Å²) in [5.41, 5.74) is 0. The first-order valence-electron chi connectivity index (χ1n) is 6.30. The second kappa shape index (κ2) is 7.96. The summed E-state index contributed by atoms with van der Waals surface area (Å²) < 4.78 is 0. The van der Waals surface area contributed by atoms with Crippen LogP contribution in [0, 0.1) is 0 Å². The average Bonchev–Trinajstić information content (AvgIpc) is 2.29. The van der Waals surface area contributed by atoms with E-state index in [1.54, 1.807) is 11.8 Å². The van der Waals surface area contributed by atoms with Crippen LogP contribution in [0.1, 0.15) is 39.0 Å². The van der Waals surface area contributed by atoms with Gasteiger partial charge in [-0.15, -0.1) is 0 Å². The third kappa shape index (κ3) is 4.74. The van der Waals surface area contributed by atoms with Crippen LogP contribution in [0.4, 0.5) is 0 Å². The summed E-state index contributed by atoms with van der Waals surface area (Å²) >= 11 is 1.76. The minimum atomic E-state index is -0.652. The van der Waals surface area contributed by atoms with Gasteiger partial charge >= 0.3 is 5.97 Å². The highest BCUT2D eigenvalue weighted by molar-refractivity contribution is 7.99. The van der Waals surface area contributed by atoms with Crippen molar-refractivity contribution in [3.63, 3.8) is 0 Å². The lowest BCUT2D eigenvalue weighted by atomic mass is 10.1. The second-order valence-corrected chi connectivity index (χ2v) is 5.53. The Labute approximate surface area is 103 Å². The van der Waals surface area contributed by atoms with Crippen LogP contribution in [0.5, 0.6) is 0 Å². The molecule has 0 aromatic carbocycles. The number of hydrogen-bond acceptors (Lipinski definition) is 3. The first kappa shape index (κ1) is 13.8. The van der Waals surface area contributed by atoms with E-state index in [-0.39, 0.29) is 6.04 Å². The Bertz CT molecular complexity index is 211. The molecule has 0 aromatic rings. The van der Waals surface area contributed by atoms with Crippen molar-refractivity contribution in [1.82, 2.24) is 4.90 Å². The molecule has 0 spiro atoms. The van der Waals surface area contributed by atoms with Crippen LogP contribution in [0.3, 0.4) is 0 Å². The van der Waals surface area contributed by atoms with E-state index in [9.17, 15) is 4.79 Å². The van der Waals surface area contributed by atoms with Crippen LogP contribution in [0.2, 0.25) is 0 Å². The third-order valence-electron chi connectivity index (χ3n) is 3.07. The fraction of sp³-hybridized carbons (Fsp3) is 0.917. The molecule has 94 valence electrons. The summed E-state index contributed by atoms with van der Waals surface area (Å²) in [6.07, 6.45) is 6.24. The van der Waals surface area contributed by atoms with Crippen molar-refractivity contribution in [2.24, 2.45) is 0 Å². The topological polar surface area (TPSA) is 40.5 Å². The van der Waals surface area contributed by atoms with Gasteiger partial charge in [0.05, 0.1) is 0 Å². The van der Waals surface area contributed by atoms with Gasteiger partial charge in [0.1, 0.15) is 6.04 Å². The molecule has 1 fully saturated rings. The maximum atomic E-state index is 11.0. The average molecular weight is 245 g/mol. The smallest absolute Gasteiger partial charge is 0.321 e. The predicted octanol–water partition coefficient (Wildman–Crippen LogP) is 2.46. The van der Waals surface area contributed by atoms with E-state index < -0.39 is 5.97 Å². The van der Waals surface area contributed by atoms with E-state index in [2.05, 4.69) is 11.8 Å². The molecule has 1 N–H and O–H groups in total. The largest absolute Gasteiger partial charge is 0.480 e. The number of rotatable bonds is 7. The van der Waals surface area contributed by atoms with Crippen LogP contribution in [-0.4, -0.2) is 46.6 Å². The van der Waals surface area contributed by atoms with Crippen molar-refractivity contribution in [3.05, 3.63) is 0 Å². The maximum Gasteiger partial charge on any atom is 0.321 e. The number of hydrogen-bond donors (Lipinski definition) is 1. The lowest BCUT2D eigenvalue weighted by Crippen LogP contribution is -2.47. The molecule has 1 unspecified atom stereocenters. The van der Waals surface area contributed by atoms with Gasteiger partial charge in [-0.2, -0.15) is 11.8 Å². The normalized spacial score (nSPS) is 22.2. The van der Waals surface area contributed by atoms with Crippen LogP contribution in [-0.2, 0) is 4.79 Å². The molecule has 0 radical (unpaired) electrons. The van der Waals surface area contributed by atoms with Crippen molar-refractivity contribution in [3.8, 4) is 0 Å². The summed E-state index contributed by atoms with van der Waals surface area (Å²) in [6.45, 7) is 4.11. The summed E-state index contributed by atoms with van der Waals surface area (Å²) in [6, 6.07) is -0.245. The Morgan fingerprint density at radius 3 is 2.81 bits per heavy atom. The van der Waals surface area contributed by atoms with Gasteiger partial charge < -0.3 is 5.11 Å². The Kier molecular flexibility index (Phi) is 6.88. The lowest BCUT2D eigenvalue weighted by molar-refractivity contribution is -0.142. The zero-order chi connectivity index (χ0) is 11.8. The van der Waals surface area contributed by atoms with Crippen LogP contribution in [0.25, 0.3) is 0 Å². The molecule has 0 saturated carbocycles. The Morgan fingerprint density at radius 2 is 2.12 bits per heavy atom. The van der Waals surface area contributed by atoms with Gasteiger partial charge in [-0.3, -0.25) is 9.69 Å². The second-order valence-electron chi connectivity index (χ2n) is 4.38. The lowest BCUT2D eigenvalue weighted by Gasteiger charge is -2.32. The van der Waals surface area contributed by atoms with Gasteiger partial charge in [0.2, 0.25) is 0 Å². The summed E-state index contributed by atoms with van der Waals surface area (Å²) in [4.78, 5) is 13.2. The molecule has 0 amide bonds. The Morgan fingerprint density at radius 1 is 1.38 bits per heavy atom. The number of thioether (sulfide) groups is 1. The van der Waals surface area contributed by atoms with Gasteiger partial charge in [0, 0.05) is 18.1 Å². The van der Waals surface area contributed by atoms with E-state index in [1.807, 2.05) is 0 Å². The predicted molar refractivity (Wildman–Crippen MR) is 69.1 cm³/mol. The van der Waals surface area contributed by atoms with E-state index >= 15 is 0 Å². The van der Waals surface area contributed by atoms with E-state index in [0.29, 0.717) is 0 Å². The Balaban J connectivity index is 2.19. The molecule has 1 atom stereocenters. The number of unbranched alkanes of at least 4 members (excludes halogenated alkanes) is 4. The summed E-state index contributed by atoms with van der Waals surface area (Å²) in [7, 11) is 0. The number of carboxylic acid groups (broad SMARTS) is 1. The molecule has 0 bridgehead atoms. The van der Waals surface area contributed by atoms with E-state index in [1.165, 1.54) is 25.7 Å². The van der Waals surface area contributed by atoms with Crippen LogP contribution >= 0.6 is 11.8 Å². The fourth-order valence-electron chi connectivity index (χ4n) is 2.05. The molecular formula is C12H23NO2S. The van der Waals surface area contributed by atoms with Crippen molar-refractivity contribution < 1.29 is 9.90 Å². The first-order chi connectivity index (χ1) is 7.75. The standard InChI is InChI=1S/C12H23NO2S/c1-2-3-4-5-6-7-13-8-9-16-10-11(13)12(14)15/h11H,2-10H2,1H3,(H,14,15). The Hall–Kier alpha value is -0.220. The first-order valence-corrected chi connectivity index (χ1v) is 7.45. The molecule has 1 saturated heterocycles. The van der Waals surface area contributed by atoms with Crippen LogP contribution < -0.4 is 0 Å². The van der Waals surface area contributed by atoms with E-state index in [0.717, 1.165) is 31.0 Å². The molecule has 1 aliphatic heterocycles. The summed E-state index contributed by atoms with van der Waals surface area (Å²) in [5, 5.41) is 9.09. The highest BCUT2D eigenvalue weighted by Crippen LogP contribution is 2.17. The zero-order valence-electron chi connectivity index (χ0n) is 10.2. The van der Waals surface area contributed by atoms with Gasteiger partial charge in [-0.25, -0.2) is 0 Å². The monoisotopic (exact) mass is 245 g/mol. The van der Waals surface area contributed by atoms with Crippen molar-refractivity contribution in [1.29, 1.82) is 0 Å². The van der Waals surface area contributed by atoms with Gasteiger partial charge in [-0.05, 0) is 13.0 Å². The number of nitrogens with zero attached hydrogens (tertiary/aromatic N) is 1. The van der Waals surface area contributed by atoms with E-state index in [4.69, 9.17) is 5.11 Å². The van der Waals surface area contributed by atoms with Gasteiger partial charge in [0.25, 0.3) is 0 Å². The van der Waals surface area contributed by atoms with Gasteiger partial charge in [0.15, 0.2) is 0 Å². The van der Waals surface area contributed by atoms with Crippen molar-refractivity contribution >= 4 is 17.7 Å². The summed E-state index contributed by atoms with van der Waals surface area (Å²) in [5.74, 6) is 1.18. The highest BCUT2D eigenvalue weighted by atomic mass is 32.2. The molecule has 4 heteroatoms. The molecular weight excluding hydrogens is 222 g/mol. The molecule has 0 aliphatic carbocycles. The molecule has 1 heterocycles. The van der Waals surface area contributed by atoms with Gasteiger partial charge in [-0.1, -0.05) is 32.6 Å². The molecule has 1 aliphatic rings. The minimum Gasteiger partial charge on any atom is -0.480 e. The molecule has 16 heavy (non-hydrogen) atoms. The number of carbonyl (C=O) groups is 1.